The van der Waals surface area contributed by atoms with Gasteiger partial charge in [0.15, 0.2) is 0 Å². The van der Waals surface area contributed by atoms with Crippen molar-refractivity contribution in [1.29, 1.82) is 0 Å². The Morgan fingerprint density at radius 3 is 2.59 bits per heavy atom. The maximum absolute atomic E-state index is 9.50. The molecule has 1 saturated heterocycles. The molecule has 1 aromatic heterocycles. The van der Waals surface area contributed by atoms with Crippen molar-refractivity contribution >= 4 is 11.3 Å². The van der Waals surface area contributed by atoms with Gasteiger partial charge < -0.3 is 10.0 Å². The van der Waals surface area contributed by atoms with E-state index < -0.39 is 0 Å². The van der Waals surface area contributed by atoms with E-state index in [0.29, 0.717) is 12.5 Å². The van der Waals surface area contributed by atoms with Crippen LogP contribution < -0.4 is 0 Å². The van der Waals surface area contributed by atoms with E-state index in [9.17, 15) is 5.11 Å². The van der Waals surface area contributed by atoms with Gasteiger partial charge in [-0.3, -0.25) is 0 Å². The van der Waals surface area contributed by atoms with Gasteiger partial charge in [-0.1, -0.05) is 18.9 Å². The summed E-state index contributed by atoms with van der Waals surface area (Å²) < 4.78 is 0. The molecule has 1 atom stereocenters. The molecule has 0 bridgehead atoms. The van der Waals surface area contributed by atoms with Crippen molar-refractivity contribution in [3.63, 3.8) is 0 Å². The number of thiophene rings is 1. The van der Waals surface area contributed by atoms with Crippen LogP contribution in [0.25, 0.3) is 0 Å². The van der Waals surface area contributed by atoms with E-state index in [-0.39, 0.29) is 0 Å². The first-order valence-electron chi connectivity index (χ1n) is 6.74. The van der Waals surface area contributed by atoms with Gasteiger partial charge in [-0.15, -0.1) is 11.3 Å². The second-order valence-corrected chi connectivity index (χ2v) is 6.08. The number of likely N-dealkylation sites (tertiary alicyclic amines) is 1. The van der Waals surface area contributed by atoms with Gasteiger partial charge in [0, 0.05) is 18.0 Å². The van der Waals surface area contributed by atoms with E-state index in [0.717, 1.165) is 13.0 Å². The van der Waals surface area contributed by atoms with E-state index in [1.807, 2.05) is 0 Å². The summed E-state index contributed by atoms with van der Waals surface area (Å²) in [7, 11) is 0. The zero-order valence-electron chi connectivity index (χ0n) is 10.5. The maximum atomic E-state index is 9.50. The van der Waals surface area contributed by atoms with Crippen LogP contribution in [-0.2, 0) is 6.42 Å². The van der Waals surface area contributed by atoms with Crippen LogP contribution in [-0.4, -0.2) is 36.2 Å². The first-order chi connectivity index (χ1) is 8.38. The Labute approximate surface area is 108 Å². The number of hydrogen-bond donors (Lipinski definition) is 1. The number of rotatable bonds is 5. The predicted molar refractivity (Wildman–Crippen MR) is 73.5 cm³/mol. The highest BCUT2D eigenvalue weighted by Crippen LogP contribution is 2.17. The zero-order chi connectivity index (χ0) is 11.9. The lowest BCUT2D eigenvalue weighted by Gasteiger charge is -2.24. The minimum absolute atomic E-state index is 0.314. The molecule has 1 fully saturated rings. The molecule has 1 aromatic rings. The molecule has 0 saturated carbocycles. The van der Waals surface area contributed by atoms with Crippen molar-refractivity contribution in [2.24, 2.45) is 5.92 Å². The Kier molecular flexibility index (Phi) is 5.49. The zero-order valence-corrected chi connectivity index (χ0v) is 11.3. The van der Waals surface area contributed by atoms with E-state index in [4.69, 9.17) is 0 Å². The standard InChI is InChI=1S/C14H23NOS/c16-12-13(10-14-6-5-9-17-14)11-15-7-3-1-2-4-8-15/h5-6,9,13,16H,1-4,7-8,10-12H2. The summed E-state index contributed by atoms with van der Waals surface area (Å²) >= 11 is 1.80. The first-order valence-corrected chi connectivity index (χ1v) is 7.62. The Balaban J connectivity index is 1.81. The van der Waals surface area contributed by atoms with Gasteiger partial charge in [-0.05, 0) is 49.7 Å². The summed E-state index contributed by atoms with van der Waals surface area (Å²) in [5.74, 6) is 0.409. The monoisotopic (exact) mass is 253 g/mol. The maximum Gasteiger partial charge on any atom is 0.0474 e. The van der Waals surface area contributed by atoms with Crippen molar-refractivity contribution < 1.29 is 5.11 Å². The van der Waals surface area contributed by atoms with Gasteiger partial charge in [-0.25, -0.2) is 0 Å². The molecule has 0 aliphatic carbocycles. The lowest BCUT2D eigenvalue weighted by Crippen LogP contribution is -2.32. The van der Waals surface area contributed by atoms with Crippen LogP contribution in [0.4, 0.5) is 0 Å². The van der Waals surface area contributed by atoms with Gasteiger partial charge >= 0.3 is 0 Å². The van der Waals surface area contributed by atoms with Gasteiger partial charge in [0.05, 0.1) is 0 Å². The molecule has 1 aliphatic rings. The highest BCUT2D eigenvalue weighted by atomic mass is 32.1. The highest BCUT2D eigenvalue weighted by Gasteiger charge is 2.15. The van der Waals surface area contributed by atoms with E-state index in [1.54, 1.807) is 11.3 Å². The summed E-state index contributed by atoms with van der Waals surface area (Å²) in [5, 5.41) is 11.6. The average molecular weight is 253 g/mol. The summed E-state index contributed by atoms with van der Waals surface area (Å²) in [6.45, 7) is 3.82. The molecular formula is C14H23NOS. The van der Waals surface area contributed by atoms with Crippen molar-refractivity contribution in [2.45, 2.75) is 32.1 Å². The first kappa shape index (κ1) is 13.1. The third-order valence-electron chi connectivity index (χ3n) is 3.54. The minimum atomic E-state index is 0.314. The highest BCUT2D eigenvalue weighted by molar-refractivity contribution is 7.09. The fourth-order valence-corrected chi connectivity index (χ4v) is 3.40. The normalized spacial score (nSPS) is 20.1. The fraction of sp³-hybridized carbons (Fsp3) is 0.714. The van der Waals surface area contributed by atoms with Crippen LogP contribution in [0.15, 0.2) is 17.5 Å². The molecule has 2 heterocycles. The molecule has 2 rings (SSSR count). The fourth-order valence-electron chi connectivity index (χ4n) is 2.58. The van der Waals surface area contributed by atoms with E-state index in [1.165, 1.54) is 43.6 Å². The predicted octanol–water partition coefficient (Wildman–Crippen LogP) is 2.78. The summed E-state index contributed by atoms with van der Waals surface area (Å²) in [6.07, 6.45) is 6.45. The Morgan fingerprint density at radius 1 is 1.24 bits per heavy atom. The van der Waals surface area contributed by atoms with Crippen molar-refractivity contribution in [2.75, 3.05) is 26.2 Å². The van der Waals surface area contributed by atoms with Crippen molar-refractivity contribution in [1.82, 2.24) is 4.90 Å². The molecule has 2 nitrogen and oxygen atoms in total. The van der Waals surface area contributed by atoms with Gasteiger partial charge in [-0.2, -0.15) is 0 Å². The molecule has 17 heavy (non-hydrogen) atoms. The van der Waals surface area contributed by atoms with Crippen LogP contribution in [0, 0.1) is 5.92 Å². The van der Waals surface area contributed by atoms with Gasteiger partial charge in [0.25, 0.3) is 0 Å². The molecule has 3 heteroatoms. The Hall–Kier alpha value is -0.380. The third kappa shape index (κ3) is 4.41. The molecular weight excluding hydrogens is 230 g/mol. The molecule has 96 valence electrons. The van der Waals surface area contributed by atoms with Crippen LogP contribution in [0.5, 0.6) is 0 Å². The molecule has 0 radical (unpaired) electrons. The lowest BCUT2D eigenvalue weighted by atomic mass is 10.0. The van der Waals surface area contributed by atoms with Gasteiger partial charge in [0.2, 0.25) is 0 Å². The Morgan fingerprint density at radius 2 is 2.00 bits per heavy atom. The summed E-state index contributed by atoms with van der Waals surface area (Å²) in [4.78, 5) is 3.94. The molecule has 1 N–H and O–H groups in total. The average Bonchev–Trinajstić information content (AvgIpc) is 2.71. The molecule has 1 aliphatic heterocycles. The second-order valence-electron chi connectivity index (χ2n) is 5.05. The smallest absolute Gasteiger partial charge is 0.0474 e. The summed E-state index contributed by atoms with van der Waals surface area (Å²) in [6, 6.07) is 4.27. The largest absolute Gasteiger partial charge is 0.396 e. The van der Waals surface area contributed by atoms with E-state index >= 15 is 0 Å². The van der Waals surface area contributed by atoms with Crippen LogP contribution in [0.1, 0.15) is 30.6 Å². The van der Waals surface area contributed by atoms with Crippen LogP contribution in [0.3, 0.4) is 0 Å². The number of aliphatic hydroxyl groups excluding tert-OH is 1. The topological polar surface area (TPSA) is 23.5 Å². The van der Waals surface area contributed by atoms with Crippen LogP contribution in [0.2, 0.25) is 0 Å². The number of nitrogens with zero attached hydrogens (tertiary/aromatic N) is 1. The Bertz CT molecular complexity index is 291. The summed E-state index contributed by atoms with van der Waals surface area (Å²) in [5.41, 5.74) is 0. The quantitative estimate of drug-likeness (QED) is 0.872. The van der Waals surface area contributed by atoms with Crippen molar-refractivity contribution in [3.05, 3.63) is 22.4 Å². The third-order valence-corrected chi connectivity index (χ3v) is 4.44. The lowest BCUT2D eigenvalue weighted by molar-refractivity contribution is 0.166. The van der Waals surface area contributed by atoms with Crippen LogP contribution >= 0.6 is 11.3 Å². The number of aliphatic hydroxyl groups is 1. The minimum Gasteiger partial charge on any atom is -0.396 e. The van der Waals surface area contributed by atoms with E-state index in [2.05, 4.69) is 22.4 Å². The number of hydrogen-bond acceptors (Lipinski definition) is 3. The molecule has 0 aromatic carbocycles. The van der Waals surface area contributed by atoms with Gasteiger partial charge in [0.1, 0.15) is 0 Å². The molecule has 0 amide bonds. The van der Waals surface area contributed by atoms with Crippen molar-refractivity contribution in [3.8, 4) is 0 Å². The molecule has 1 unspecified atom stereocenters. The second kappa shape index (κ2) is 7.14. The molecule has 0 spiro atoms. The SMILES string of the molecule is OCC(Cc1cccs1)CN1CCCCCC1.